The maximum Gasteiger partial charge on any atom is 0.270 e. The monoisotopic (exact) mass is 536 g/mol. The number of halogens is 1. The molecule has 1 aromatic heterocycles. The van der Waals surface area contributed by atoms with Crippen molar-refractivity contribution in [2.45, 2.75) is 31.0 Å². The summed E-state index contributed by atoms with van der Waals surface area (Å²) in [5.41, 5.74) is 2.52. The van der Waals surface area contributed by atoms with Gasteiger partial charge >= 0.3 is 0 Å². The van der Waals surface area contributed by atoms with Crippen LogP contribution in [0.4, 0.5) is 5.69 Å². The van der Waals surface area contributed by atoms with Crippen molar-refractivity contribution in [1.82, 2.24) is 14.9 Å². The minimum Gasteiger partial charge on any atom is -0.383 e. The van der Waals surface area contributed by atoms with E-state index in [0.717, 1.165) is 42.3 Å². The topological polar surface area (TPSA) is 83.6 Å². The van der Waals surface area contributed by atoms with E-state index in [1.54, 1.807) is 25.3 Å². The second-order valence-corrected chi connectivity index (χ2v) is 13.2. The number of rotatable bonds is 9. The summed E-state index contributed by atoms with van der Waals surface area (Å²) in [7, 11) is 2.98. The summed E-state index contributed by atoms with van der Waals surface area (Å²) in [6, 6.07) is 17.3. The highest BCUT2D eigenvalue weighted by molar-refractivity contribution is 6.56. The second kappa shape index (κ2) is 12.5. The maximum atomic E-state index is 13.1. The van der Waals surface area contributed by atoms with Gasteiger partial charge in [-0.3, -0.25) is 9.59 Å². The SMILES string of the molecule is C=CC(=O)Nc1ccc(Cl)c2ccc(-c3cccc(C(=O)N[C@H]4CC[Si@@H](N(C)CCOC)CC4)n3)cc12. The number of pyridine rings is 1. The van der Waals surface area contributed by atoms with E-state index in [1.165, 1.54) is 18.2 Å². The number of fused-ring (bicyclic) bond motifs is 1. The zero-order valence-electron chi connectivity index (χ0n) is 21.3. The molecular weight excluding hydrogens is 504 g/mol. The fourth-order valence-corrected chi connectivity index (χ4v) is 8.27. The lowest BCUT2D eigenvalue weighted by Crippen LogP contribution is -2.45. The van der Waals surface area contributed by atoms with Crippen LogP contribution < -0.4 is 10.6 Å². The lowest BCUT2D eigenvalue weighted by atomic mass is 10.0. The van der Waals surface area contributed by atoms with Crippen LogP contribution in [0.2, 0.25) is 17.1 Å². The molecule has 1 saturated heterocycles. The number of hydrogen-bond acceptors (Lipinski definition) is 5. The van der Waals surface area contributed by atoms with E-state index >= 15 is 0 Å². The van der Waals surface area contributed by atoms with Crippen molar-refractivity contribution < 1.29 is 14.3 Å². The number of benzene rings is 2. The molecule has 1 aliphatic rings. The van der Waals surface area contributed by atoms with Crippen LogP contribution in [-0.4, -0.2) is 63.7 Å². The molecule has 0 atom stereocenters. The van der Waals surface area contributed by atoms with Crippen LogP contribution in [0.1, 0.15) is 23.3 Å². The minimum atomic E-state index is -0.954. The van der Waals surface area contributed by atoms with Gasteiger partial charge in [0.05, 0.1) is 12.3 Å². The molecule has 0 aliphatic carbocycles. The third-order valence-corrected chi connectivity index (χ3v) is 10.8. The van der Waals surface area contributed by atoms with E-state index in [9.17, 15) is 9.59 Å². The number of carbonyl (C=O) groups is 2. The molecule has 1 fully saturated rings. The molecule has 2 amide bonds. The van der Waals surface area contributed by atoms with Gasteiger partial charge in [0, 0.05) is 46.7 Å². The van der Waals surface area contributed by atoms with Crippen molar-refractivity contribution >= 4 is 48.8 Å². The fraction of sp³-hybridized carbons (Fsp3) is 0.321. The van der Waals surface area contributed by atoms with Crippen molar-refractivity contribution in [1.29, 1.82) is 0 Å². The molecule has 2 N–H and O–H groups in total. The smallest absolute Gasteiger partial charge is 0.270 e. The Morgan fingerprint density at radius 1 is 1.19 bits per heavy atom. The number of methoxy groups -OCH3 is 1. The van der Waals surface area contributed by atoms with Crippen molar-refractivity contribution in [3.63, 3.8) is 0 Å². The highest BCUT2D eigenvalue weighted by atomic mass is 35.5. The number of likely N-dealkylation sites (N-methyl/N-ethyl adjacent to an activating group) is 1. The Labute approximate surface area is 224 Å². The molecule has 194 valence electrons. The van der Waals surface area contributed by atoms with Crippen LogP contribution in [0.25, 0.3) is 22.0 Å². The molecule has 0 spiro atoms. The van der Waals surface area contributed by atoms with E-state index in [0.29, 0.717) is 22.1 Å². The third-order valence-electron chi connectivity index (χ3n) is 6.99. The van der Waals surface area contributed by atoms with Gasteiger partial charge in [0.25, 0.3) is 5.91 Å². The molecule has 37 heavy (non-hydrogen) atoms. The second-order valence-electron chi connectivity index (χ2n) is 9.41. The summed E-state index contributed by atoms with van der Waals surface area (Å²) in [5.74, 6) is -0.452. The zero-order valence-corrected chi connectivity index (χ0v) is 23.2. The Balaban J connectivity index is 1.48. The van der Waals surface area contributed by atoms with E-state index in [1.807, 2.05) is 30.3 Å². The lowest BCUT2D eigenvalue weighted by Gasteiger charge is -2.33. The van der Waals surface area contributed by atoms with Crippen LogP contribution in [0.15, 0.2) is 61.2 Å². The van der Waals surface area contributed by atoms with Crippen LogP contribution in [0, 0.1) is 0 Å². The summed E-state index contributed by atoms with van der Waals surface area (Å²) in [6.45, 7) is 5.26. The molecule has 3 aromatic rings. The van der Waals surface area contributed by atoms with Crippen molar-refractivity contribution in [3.05, 3.63) is 71.9 Å². The first kappa shape index (κ1) is 27.0. The van der Waals surface area contributed by atoms with Gasteiger partial charge in [-0.2, -0.15) is 0 Å². The largest absolute Gasteiger partial charge is 0.383 e. The van der Waals surface area contributed by atoms with Crippen LogP contribution in [-0.2, 0) is 9.53 Å². The molecule has 7 nitrogen and oxygen atoms in total. The third kappa shape index (κ3) is 6.64. The Morgan fingerprint density at radius 3 is 2.70 bits per heavy atom. The number of ether oxygens (including phenoxy) is 1. The highest BCUT2D eigenvalue weighted by Crippen LogP contribution is 2.33. The summed E-state index contributed by atoms with van der Waals surface area (Å²) in [4.78, 5) is 29.6. The summed E-state index contributed by atoms with van der Waals surface area (Å²) >= 11 is 6.40. The number of hydrogen-bond donors (Lipinski definition) is 2. The predicted octanol–water partition coefficient (Wildman–Crippen LogP) is 4.87. The van der Waals surface area contributed by atoms with Crippen LogP contribution in [0.5, 0.6) is 0 Å². The molecule has 9 heteroatoms. The number of carbonyl (C=O) groups excluding carboxylic acids is 2. The van der Waals surface area contributed by atoms with Gasteiger partial charge in [0.2, 0.25) is 5.91 Å². The van der Waals surface area contributed by atoms with Gasteiger partial charge in [-0.1, -0.05) is 36.4 Å². The van der Waals surface area contributed by atoms with Gasteiger partial charge in [-0.25, -0.2) is 4.98 Å². The summed E-state index contributed by atoms with van der Waals surface area (Å²) in [5, 5.41) is 8.21. The van der Waals surface area contributed by atoms with E-state index in [4.69, 9.17) is 16.3 Å². The van der Waals surface area contributed by atoms with Crippen molar-refractivity contribution in [2.24, 2.45) is 0 Å². The number of aromatic nitrogens is 1. The lowest BCUT2D eigenvalue weighted by molar-refractivity contribution is -0.111. The van der Waals surface area contributed by atoms with E-state index in [-0.39, 0.29) is 17.9 Å². The van der Waals surface area contributed by atoms with Gasteiger partial charge in [-0.05, 0) is 68.4 Å². The molecule has 4 rings (SSSR count). The molecule has 1 aliphatic heterocycles. The van der Waals surface area contributed by atoms with Crippen molar-refractivity contribution in [3.8, 4) is 11.3 Å². The Morgan fingerprint density at radius 2 is 1.97 bits per heavy atom. The first-order valence-corrected chi connectivity index (χ1v) is 15.1. The standard InChI is InChI=1S/C28H33ClN4O3Si/c1-4-27(34)32-25-11-10-23(29)21-9-8-19(18-22(21)25)24-6-5-7-26(31-24)28(35)30-20-12-16-37(17-13-20)33(2)14-15-36-3/h4-11,18,20,37H,1,12-17H2,2-3H3,(H,30,35)(H,32,34)/t20-,37+. The normalized spacial score (nSPS) is 17.5. The van der Waals surface area contributed by atoms with Crippen LogP contribution in [0.3, 0.4) is 0 Å². The molecule has 2 heterocycles. The maximum absolute atomic E-state index is 13.1. The molecule has 0 radical (unpaired) electrons. The first-order chi connectivity index (χ1) is 17.9. The number of anilines is 1. The predicted molar refractivity (Wildman–Crippen MR) is 153 cm³/mol. The highest BCUT2D eigenvalue weighted by Gasteiger charge is 2.26. The molecule has 0 bridgehead atoms. The van der Waals surface area contributed by atoms with Gasteiger partial charge in [0.1, 0.15) is 14.7 Å². The summed E-state index contributed by atoms with van der Waals surface area (Å²) < 4.78 is 7.69. The number of nitrogens with zero attached hydrogens (tertiary/aromatic N) is 2. The molecule has 2 aromatic carbocycles. The average molecular weight is 537 g/mol. The molecule has 0 unspecified atom stereocenters. The van der Waals surface area contributed by atoms with Crippen molar-refractivity contribution in [2.75, 3.05) is 32.6 Å². The van der Waals surface area contributed by atoms with Gasteiger partial charge in [-0.15, -0.1) is 0 Å². The Hall–Kier alpha value is -3.04. The fourth-order valence-electron chi connectivity index (χ4n) is 4.82. The number of amides is 2. The molecule has 0 saturated carbocycles. The quantitative estimate of drug-likeness (QED) is 0.301. The van der Waals surface area contributed by atoms with Gasteiger partial charge < -0.3 is 19.9 Å². The average Bonchev–Trinajstić information content (AvgIpc) is 2.93. The first-order valence-electron chi connectivity index (χ1n) is 12.5. The molecular formula is C28H33ClN4O3Si. The number of nitrogens with one attached hydrogen (secondary N) is 2. The van der Waals surface area contributed by atoms with E-state index in [2.05, 4.69) is 33.8 Å². The zero-order chi connectivity index (χ0) is 26.4. The Bertz CT molecular complexity index is 1290. The van der Waals surface area contributed by atoms with Crippen LogP contribution >= 0.6 is 11.6 Å². The Kier molecular flexibility index (Phi) is 9.10. The summed E-state index contributed by atoms with van der Waals surface area (Å²) in [6.07, 6.45) is 3.23. The van der Waals surface area contributed by atoms with E-state index < -0.39 is 8.96 Å². The minimum absolute atomic E-state index is 0.150. The van der Waals surface area contributed by atoms with Gasteiger partial charge in [0.15, 0.2) is 0 Å².